The molecule has 4 rings (SSSR count). The molecule has 0 saturated heterocycles. The maximum absolute atomic E-state index is 15.1. The zero-order valence-electron chi connectivity index (χ0n) is 18.5. The maximum atomic E-state index is 15.1. The third kappa shape index (κ3) is 4.65. The van der Waals surface area contributed by atoms with Crippen LogP contribution in [0.4, 0.5) is 8.78 Å². The summed E-state index contributed by atoms with van der Waals surface area (Å²) < 4.78 is 47.0. The van der Waals surface area contributed by atoms with Gasteiger partial charge in [0.05, 0.1) is 13.2 Å². The van der Waals surface area contributed by atoms with E-state index in [2.05, 4.69) is 6.92 Å². The van der Waals surface area contributed by atoms with Gasteiger partial charge in [-0.3, -0.25) is 0 Å². The first-order chi connectivity index (χ1) is 15.1. The van der Waals surface area contributed by atoms with Gasteiger partial charge in [0.15, 0.2) is 22.7 Å². The van der Waals surface area contributed by atoms with Gasteiger partial charge in [0, 0.05) is 10.8 Å². The molecule has 5 heteroatoms. The molecule has 0 unspecified atom stereocenters. The Balaban J connectivity index is 1.50. The van der Waals surface area contributed by atoms with Crippen LogP contribution >= 0.6 is 0 Å². The van der Waals surface area contributed by atoms with Gasteiger partial charge in [0.1, 0.15) is 0 Å². The minimum atomic E-state index is -0.587. The van der Waals surface area contributed by atoms with E-state index in [0.29, 0.717) is 29.9 Å². The minimum Gasteiger partial charge on any atom is -0.490 e. The van der Waals surface area contributed by atoms with Crippen LogP contribution in [0, 0.1) is 23.5 Å². The fraction of sp³-hybridized carbons (Fsp3) is 0.538. The van der Waals surface area contributed by atoms with Crippen molar-refractivity contribution in [3.8, 4) is 11.5 Å². The third-order valence-electron chi connectivity index (χ3n) is 6.51. The number of furan rings is 1. The van der Waals surface area contributed by atoms with E-state index in [1.54, 1.807) is 24.3 Å². The molecule has 168 valence electrons. The van der Waals surface area contributed by atoms with Crippen molar-refractivity contribution in [3.63, 3.8) is 0 Å². The maximum Gasteiger partial charge on any atom is 0.208 e. The lowest BCUT2D eigenvalue weighted by molar-refractivity contribution is 0.174. The molecule has 1 aromatic heterocycles. The van der Waals surface area contributed by atoms with E-state index in [1.165, 1.54) is 25.7 Å². The molecule has 0 bridgehead atoms. The molecular formula is C26H32F2O3. The molecule has 0 radical (unpaired) electrons. The van der Waals surface area contributed by atoms with Crippen molar-refractivity contribution in [1.29, 1.82) is 0 Å². The summed E-state index contributed by atoms with van der Waals surface area (Å²) in [6, 6.07) is 6.67. The van der Waals surface area contributed by atoms with E-state index < -0.39 is 11.6 Å². The summed E-state index contributed by atoms with van der Waals surface area (Å²) in [6.45, 7) is 5.22. The predicted octanol–water partition coefficient (Wildman–Crippen LogP) is 8.03. The molecular weight excluding hydrogens is 398 g/mol. The first-order valence-electron chi connectivity index (χ1n) is 11.7. The van der Waals surface area contributed by atoms with Gasteiger partial charge in [-0.05, 0) is 55.4 Å². The van der Waals surface area contributed by atoms with E-state index in [-0.39, 0.29) is 22.7 Å². The van der Waals surface area contributed by atoms with Crippen molar-refractivity contribution in [2.45, 2.75) is 65.2 Å². The molecule has 1 saturated carbocycles. The Labute approximate surface area is 182 Å². The van der Waals surface area contributed by atoms with Crippen LogP contribution < -0.4 is 9.47 Å². The second-order valence-corrected chi connectivity index (χ2v) is 8.80. The van der Waals surface area contributed by atoms with Gasteiger partial charge >= 0.3 is 0 Å². The molecule has 1 aliphatic rings. The van der Waals surface area contributed by atoms with Crippen molar-refractivity contribution in [2.75, 3.05) is 13.2 Å². The van der Waals surface area contributed by atoms with Gasteiger partial charge in [0.2, 0.25) is 11.6 Å². The van der Waals surface area contributed by atoms with Crippen LogP contribution in [0.25, 0.3) is 21.9 Å². The number of hydrogen-bond donors (Lipinski definition) is 0. The second kappa shape index (κ2) is 9.88. The van der Waals surface area contributed by atoms with E-state index >= 15 is 4.39 Å². The number of halogens is 2. The quantitative estimate of drug-likeness (QED) is 0.322. The van der Waals surface area contributed by atoms with Crippen molar-refractivity contribution in [2.24, 2.45) is 11.8 Å². The summed E-state index contributed by atoms with van der Waals surface area (Å²) in [5, 5.41) is 1.08. The highest BCUT2D eigenvalue weighted by Gasteiger charge is 2.23. The summed E-state index contributed by atoms with van der Waals surface area (Å²) >= 11 is 0. The zero-order chi connectivity index (χ0) is 21.8. The molecule has 0 N–H and O–H groups in total. The summed E-state index contributed by atoms with van der Waals surface area (Å²) in [5.74, 6) is 0.434. The first-order valence-corrected chi connectivity index (χ1v) is 11.7. The largest absolute Gasteiger partial charge is 0.490 e. The van der Waals surface area contributed by atoms with Crippen LogP contribution in [0.1, 0.15) is 65.2 Å². The minimum absolute atomic E-state index is 0.0225. The van der Waals surface area contributed by atoms with Crippen LogP contribution in [-0.4, -0.2) is 13.2 Å². The summed E-state index contributed by atoms with van der Waals surface area (Å²) in [4.78, 5) is 0. The van der Waals surface area contributed by atoms with E-state index in [0.717, 1.165) is 31.6 Å². The van der Waals surface area contributed by atoms with Crippen LogP contribution in [0.2, 0.25) is 0 Å². The summed E-state index contributed by atoms with van der Waals surface area (Å²) in [7, 11) is 0. The highest BCUT2D eigenvalue weighted by atomic mass is 19.1. The molecule has 1 aliphatic carbocycles. The fourth-order valence-corrected chi connectivity index (χ4v) is 4.65. The number of benzene rings is 2. The van der Waals surface area contributed by atoms with E-state index in [9.17, 15) is 4.39 Å². The smallest absolute Gasteiger partial charge is 0.208 e. The van der Waals surface area contributed by atoms with Crippen LogP contribution in [0.5, 0.6) is 11.5 Å². The molecule has 0 spiro atoms. The highest BCUT2D eigenvalue weighted by molar-refractivity contribution is 6.06. The van der Waals surface area contributed by atoms with E-state index in [1.807, 2.05) is 6.92 Å². The molecule has 3 aromatic rings. The van der Waals surface area contributed by atoms with Crippen molar-refractivity contribution in [3.05, 3.63) is 35.9 Å². The highest BCUT2D eigenvalue weighted by Crippen LogP contribution is 2.38. The molecule has 0 amide bonds. The number of hydrogen-bond acceptors (Lipinski definition) is 3. The number of rotatable bonds is 9. The van der Waals surface area contributed by atoms with Crippen molar-refractivity contribution in [1.82, 2.24) is 0 Å². The Bertz CT molecular complexity index is 1020. The zero-order valence-corrected chi connectivity index (χ0v) is 18.5. The van der Waals surface area contributed by atoms with Crippen molar-refractivity contribution < 1.29 is 22.7 Å². The molecule has 3 nitrogen and oxygen atoms in total. The number of ether oxygens (including phenoxy) is 2. The lowest BCUT2D eigenvalue weighted by Gasteiger charge is -2.28. The van der Waals surface area contributed by atoms with Gasteiger partial charge in [-0.2, -0.15) is 8.78 Å². The van der Waals surface area contributed by atoms with Crippen LogP contribution in [0.3, 0.4) is 0 Å². The Morgan fingerprint density at radius 1 is 0.806 bits per heavy atom. The Morgan fingerprint density at radius 3 is 1.97 bits per heavy atom. The fourth-order valence-electron chi connectivity index (χ4n) is 4.65. The molecule has 1 fully saturated rings. The lowest BCUT2D eigenvalue weighted by atomic mass is 9.80. The topological polar surface area (TPSA) is 31.6 Å². The summed E-state index contributed by atoms with van der Waals surface area (Å²) in [6.07, 6.45) is 9.06. The van der Waals surface area contributed by atoms with Crippen LogP contribution in [-0.2, 0) is 0 Å². The normalized spacial score (nSPS) is 19.2. The van der Waals surface area contributed by atoms with Crippen molar-refractivity contribution >= 4 is 21.9 Å². The molecule has 2 aromatic carbocycles. The van der Waals surface area contributed by atoms with Gasteiger partial charge in [-0.25, -0.2) is 0 Å². The van der Waals surface area contributed by atoms with Gasteiger partial charge in [-0.15, -0.1) is 0 Å². The summed E-state index contributed by atoms with van der Waals surface area (Å²) in [5.41, 5.74) is 0.0538. The predicted molar refractivity (Wildman–Crippen MR) is 120 cm³/mol. The van der Waals surface area contributed by atoms with Crippen LogP contribution in [0.15, 0.2) is 28.7 Å². The monoisotopic (exact) mass is 430 g/mol. The average molecular weight is 431 g/mol. The lowest BCUT2D eigenvalue weighted by Crippen LogP contribution is -2.20. The molecule has 1 heterocycles. The molecule has 31 heavy (non-hydrogen) atoms. The second-order valence-electron chi connectivity index (χ2n) is 8.80. The Hall–Kier alpha value is -2.30. The number of fused-ring (bicyclic) bond motifs is 3. The van der Waals surface area contributed by atoms with Gasteiger partial charge in [-0.1, -0.05) is 46.0 Å². The van der Waals surface area contributed by atoms with Gasteiger partial charge < -0.3 is 13.9 Å². The number of unbranched alkanes of at least 4 members (excludes halogenated alkanes) is 1. The standard InChI is InChI=1S/C26H32F2O3/c1-3-5-15-29-21-13-11-19-20-12-14-22(24(28)26(20)31-25(19)23(21)27)30-16-18-9-7-17(6-4-2)8-10-18/h11-14,17-18H,3-10,15-16H2,1-2H3. The Kier molecular flexibility index (Phi) is 6.99. The average Bonchev–Trinajstić information content (AvgIpc) is 3.17. The molecule has 0 aliphatic heterocycles. The van der Waals surface area contributed by atoms with Gasteiger partial charge in [0.25, 0.3) is 0 Å². The third-order valence-corrected chi connectivity index (χ3v) is 6.51. The SMILES string of the molecule is CCCCOc1ccc2c(oc3c(F)c(OCC4CCC(CCC)CC4)ccc32)c1F. The van der Waals surface area contributed by atoms with E-state index in [4.69, 9.17) is 13.9 Å². The first kappa shape index (κ1) is 21.9. The molecule has 0 atom stereocenters. The Morgan fingerprint density at radius 2 is 1.39 bits per heavy atom.